The molecule has 10 heteroatoms. The first-order valence-electron chi connectivity index (χ1n) is 12.7. The number of benzene rings is 4. The number of nitrogens with zero attached hydrogens (tertiary/aromatic N) is 4. The Bertz CT molecular complexity index is 1610. The first-order chi connectivity index (χ1) is 20.5. The summed E-state index contributed by atoms with van der Waals surface area (Å²) in [7, 11) is -1.34. The zero-order valence-electron chi connectivity index (χ0n) is 22.1. The quantitative estimate of drug-likeness (QED) is 0.152. The van der Waals surface area contributed by atoms with Gasteiger partial charge in [-0.3, -0.25) is 0 Å². The van der Waals surface area contributed by atoms with Crippen LogP contribution in [0.3, 0.4) is 0 Å². The van der Waals surface area contributed by atoms with Gasteiger partial charge in [0.2, 0.25) is 0 Å². The lowest BCUT2D eigenvalue weighted by Gasteiger charge is -2.14. The number of halogens is 3. The molecule has 0 aliphatic rings. The van der Waals surface area contributed by atoms with Gasteiger partial charge in [-0.2, -0.15) is 0 Å². The van der Waals surface area contributed by atoms with Crippen molar-refractivity contribution in [2.45, 2.75) is 0 Å². The van der Waals surface area contributed by atoms with Crippen molar-refractivity contribution in [1.82, 2.24) is 19.9 Å². The Morgan fingerprint density at radius 2 is 0.857 bits per heavy atom. The van der Waals surface area contributed by atoms with Gasteiger partial charge in [0.15, 0.2) is 0 Å². The third kappa shape index (κ3) is 8.55. The largest absolute Gasteiger partial charge is 0.488 e. The van der Waals surface area contributed by atoms with Crippen molar-refractivity contribution in [1.29, 1.82) is 0 Å². The van der Waals surface area contributed by atoms with Crippen LogP contribution in [-0.2, 0) is 0 Å². The fourth-order valence-electron chi connectivity index (χ4n) is 3.85. The van der Waals surface area contributed by atoms with E-state index >= 15 is 0 Å². The average molecular weight is 658 g/mol. The third-order valence-electron chi connectivity index (χ3n) is 5.81. The van der Waals surface area contributed by atoms with Crippen molar-refractivity contribution in [3.8, 4) is 33.6 Å². The number of rotatable bonds is 4. The van der Waals surface area contributed by atoms with Crippen LogP contribution in [0.1, 0.15) is 0 Å². The molecule has 0 saturated carbocycles. The van der Waals surface area contributed by atoms with Crippen LogP contribution in [0.25, 0.3) is 33.6 Å². The third-order valence-corrected chi connectivity index (χ3v) is 7.59. The first kappa shape index (κ1) is 31.0. The summed E-state index contributed by atoms with van der Waals surface area (Å²) in [5.41, 5.74) is 6.81. The highest BCUT2D eigenvalue weighted by atomic mass is 79.9. The van der Waals surface area contributed by atoms with E-state index in [0.29, 0.717) is 20.2 Å². The van der Waals surface area contributed by atoms with E-state index in [1.54, 1.807) is 30.6 Å². The van der Waals surface area contributed by atoms with Crippen molar-refractivity contribution < 1.29 is 10.0 Å². The van der Waals surface area contributed by atoms with Gasteiger partial charge in [-0.25, -0.2) is 19.9 Å². The molecule has 0 spiro atoms. The minimum atomic E-state index is -1.34. The van der Waals surface area contributed by atoms with E-state index in [2.05, 4.69) is 72.3 Å². The van der Waals surface area contributed by atoms with Gasteiger partial charge < -0.3 is 10.0 Å². The molecule has 0 aliphatic carbocycles. The lowest BCUT2D eigenvalue weighted by Crippen LogP contribution is -2.29. The van der Waals surface area contributed by atoms with Crippen molar-refractivity contribution in [3.63, 3.8) is 0 Å². The minimum Gasteiger partial charge on any atom is -0.423 e. The summed E-state index contributed by atoms with van der Waals surface area (Å²) in [6, 6.07) is 39.5. The Kier molecular flexibility index (Phi) is 11.8. The van der Waals surface area contributed by atoms with Gasteiger partial charge in [0.1, 0.15) is 23.0 Å². The molecule has 0 bridgehead atoms. The molecule has 0 atom stereocenters. The lowest BCUT2D eigenvalue weighted by molar-refractivity contribution is 0.426. The van der Waals surface area contributed by atoms with E-state index < -0.39 is 7.12 Å². The molecular formula is C32H24BBrCl2N4O2. The predicted molar refractivity (Wildman–Crippen MR) is 174 cm³/mol. The Morgan fingerprint density at radius 1 is 0.500 bits per heavy atom. The molecule has 6 rings (SSSR count). The number of hydrogen-bond donors (Lipinski definition) is 2. The maximum Gasteiger partial charge on any atom is 0.488 e. The average Bonchev–Trinajstić information content (AvgIpc) is 3.05. The molecule has 208 valence electrons. The molecule has 2 heterocycles. The normalized spacial score (nSPS) is 10.0. The molecule has 0 aliphatic heterocycles. The zero-order chi connectivity index (χ0) is 29.7. The smallest absolute Gasteiger partial charge is 0.423 e. The van der Waals surface area contributed by atoms with Gasteiger partial charge in [0, 0.05) is 16.7 Å². The predicted octanol–water partition coefficient (Wildman–Crippen LogP) is 7.39. The van der Waals surface area contributed by atoms with Crippen LogP contribution < -0.4 is 5.46 Å². The van der Waals surface area contributed by atoms with Crippen LogP contribution in [0.4, 0.5) is 0 Å². The van der Waals surface area contributed by atoms with Gasteiger partial charge >= 0.3 is 7.12 Å². The molecule has 0 radical (unpaired) electrons. The van der Waals surface area contributed by atoms with Crippen LogP contribution in [0.2, 0.25) is 10.3 Å². The Balaban J connectivity index is 0.000000184. The molecule has 0 fully saturated rings. The van der Waals surface area contributed by atoms with E-state index in [4.69, 9.17) is 33.2 Å². The van der Waals surface area contributed by atoms with Gasteiger partial charge in [0.05, 0.1) is 15.9 Å². The maximum absolute atomic E-state index is 8.58. The second-order valence-corrected chi connectivity index (χ2v) is 10.1. The second kappa shape index (κ2) is 15.9. The van der Waals surface area contributed by atoms with E-state index in [-0.39, 0.29) is 0 Å². The Morgan fingerprint density at radius 3 is 1.21 bits per heavy atom. The summed E-state index contributed by atoms with van der Waals surface area (Å²) in [5, 5.41) is 17.8. The second-order valence-electron chi connectivity index (χ2n) is 8.60. The fourth-order valence-corrected chi connectivity index (χ4v) is 4.37. The van der Waals surface area contributed by atoms with E-state index in [9.17, 15) is 0 Å². The summed E-state index contributed by atoms with van der Waals surface area (Å²) in [4.78, 5) is 16.5. The van der Waals surface area contributed by atoms with Crippen LogP contribution >= 0.6 is 39.1 Å². The highest BCUT2D eigenvalue weighted by Crippen LogP contribution is 2.37. The SMILES string of the molecule is Clc1ncnc(Cl)c1Br.OB(O)c1ccccc1.c1ccc(-c2ncnc(-c3ccccc3)c2-c2ccccc2)cc1. The van der Waals surface area contributed by atoms with Crippen LogP contribution in [0.5, 0.6) is 0 Å². The summed E-state index contributed by atoms with van der Waals surface area (Å²) in [6.07, 6.45) is 2.95. The lowest BCUT2D eigenvalue weighted by atomic mass is 9.81. The van der Waals surface area contributed by atoms with Gasteiger partial charge in [-0.05, 0) is 27.0 Å². The monoisotopic (exact) mass is 656 g/mol. The molecular weight excluding hydrogens is 634 g/mol. The molecule has 42 heavy (non-hydrogen) atoms. The van der Waals surface area contributed by atoms with E-state index in [0.717, 1.165) is 33.6 Å². The highest BCUT2D eigenvalue weighted by Gasteiger charge is 2.16. The van der Waals surface area contributed by atoms with Gasteiger partial charge in [0.25, 0.3) is 0 Å². The summed E-state index contributed by atoms with van der Waals surface area (Å²) in [6.45, 7) is 0. The van der Waals surface area contributed by atoms with Crippen molar-refractivity contribution in [2.75, 3.05) is 0 Å². The molecule has 0 saturated heterocycles. The maximum atomic E-state index is 8.58. The molecule has 4 aromatic carbocycles. The van der Waals surface area contributed by atoms with Crippen LogP contribution in [0, 0.1) is 0 Å². The molecule has 0 unspecified atom stereocenters. The summed E-state index contributed by atoms with van der Waals surface area (Å²) in [5.74, 6) is 0. The molecule has 6 aromatic rings. The Labute approximate surface area is 263 Å². The first-order valence-corrected chi connectivity index (χ1v) is 14.2. The number of aromatic nitrogens is 4. The van der Waals surface area contributed by atoms with Crippen LogP contribution in [0.15, 0.2) is 138 Å². The topological polar surface area (TPSA) is 92.0 Å². The zero-order valence-corrected chi connectivity index (χ0v) is 25.2. The van der Waals surface area contributed by atoms with Crippen molar-refractivity contribution in [2.24, 2.45) is 0 Å². The molecule has 2 aromatic heterocycles. The van der Waals surface area contributed by atoms with Crippen molar-refractivity contribution >= 4 is 51.7 Å². The van der Waals surface area contributed by atoms with E-state index in [1.165, 1.54) is 6.33 Å². The van der Waals surface area contributed by atoms with Crippen molar-refractivity contribution in [3.05, 3.63) is 149 Å². The molecule has 6 nitrogen and oxygen atoms in total. The van der Waals surface area contributed by atoms with Crippen LogP contribution in [-0.4, -0.2) is 37.1 Å². The number of hydrogen-bond acceptors (Lipinski definition) is 6. The standard InChI is InChI=1S/C22H16N2.C6H7BO2.C4HBrCl2N2/c1-4-10-17(11-5-1)20-21(18-12-6-2-7-13-18)23-16-24-22(20)19-14-8-3-9-15-19;8-7(9)6-4-2-1-3-5-6;5-2-3(6)8-1-9-4(2)7/h1-16H;1-5,8-9H;1H. The van der Waals surface area contributed by atoms with Gasteiger partial charge in [-0.1, -0.05) is 145 Å². The summed E-state index contributed by atoms with van der Waals surface area (Å²) >= 11 is 14.2. The molecule has 2 N–H and O–H groups in total. The van der Waals surface area contributed by atoms with Gasteiger partial charge in [-0.15, -0.1) is 0 Å². The molecule has 0 amide bonds. The fraction of sp³-hybridized carbons (Fsp3) is 0. The highest BCUT2D eigenvalue weighted by molar-refractivity contribution is 9.10. The Hall–Kier alpha value is -3.92. The minimum absolute atomic E-state index is 0.329. The summed E-state index contributed by atoms with van der Waals surface area (Å²) < 4.78 is 0.535. The van der Waals surface area contributed by atoms with E-state index in [1.807, 2.05) is 60.7 Å².